The zero-order chi connectivity index (χ0) is 15.0. The molecule has 21 heavy (non-hydrogen) atoms. The van der Waals surface area contributed by atoms with E-state index in [0.29, 0.717) is 12.1 Å². The number of rotatable bonds is 4. The smallest absolute Gasteiger partial charge is 0.159 e. The predicted molar refractivity (Wildman–Crippen MR) is 80.9 cm³/mol. The molecule has 0 amide bonds. The number of aromatic nitrogens is 4. The minimum Gasteiger partial charge on any atom is -0.307 e. The van der Waals surface area contributed by atoms with Crippen molar-refractivity contribution in [2.24, 2.45) is 7.05 Å². The van der Waals surface area contributed by atoms with Crippen LogP contribution in [-0.2, 0) is 25.9 Å². The number of alkyl halides is 1. The molecule has 0 saturated heterocycles. The number of imidazole rings is 1. The molecule has 0 fully saturated rings. The topological polar surface area (TPSA) is 35.6 Å². The van der Waals surface area contributed by atoms with Gasteiger partial charge >= 0.3 is 0 Å². The van der Waals surface area contributed by atoms with Crippen LogP contribution >= 0.6 is 11.6 Å². The van der Waals surface area contributed by atoms with Gasteiger partial charge < -0.3 is 4.57 Å². The van der Waals surface area contributed by atoms with Crippen molar-refractivity contribution in [1.82, 2.24) is 19.3 Å². The van der Waals surface area contributed by atoms with Crippen molar-refractivity contribution in [3.05, 3.63) is 47.2 Å². The molecular weight excluding hydrogens is 291 g/mol. The zero-order valence-electron chi connectivity index (χ0n) is 12.0. The molecule has 4 nitrogen and oxygen atoms in total. The van der Waals surface area contributed by atoms with Gasteiger partial charge in [0.1, 0.15) is 17.2 Å². The van der Waals surface area contributed by atoms with E-state index in [1.165, 1.54) is 6.07 Å². The van der Waals surface area contributed by atoms with Crippen LogP contribution in [0.1, 0.15) is 24.0 Å². The molecule has 3 aromatic rings. The van der Waals surface area contributed by atoms with Crippen molar-refractivity contribution in [2.75, 3.05) is 0 Å². The predicted octanol–water partition coefficient (Wildman–Crippen LogP) is 3.26. The Balaban J connectivity index is 2.17. The van der Waals surface area contributed by atoms with E-state index in [2.05, 4.69) is 10.1 Å². The average molecular weight is 307 g/mol. The summed E-state index contributed by atoms with van der Waals surface area (Å²) in [6.45, 7) is 2.44. The summed E-state index contributed by atoms with van der Waals surface area (Å²) in [5, 5.41) is 4.46. The van der Waals surface area contributed by atoms with Crippen molar-refractivity contribution >= 4 is 22.8 Å². The number of benzene rings is 1. The van der Waals surface area contributed by atoms with E-state index >= 15 is 0 Å². The molecule has 110 valence electrons. The summed E-state index contributed by atoms with van der Waals surface area (Å²) in [6.07, 6.45) is 0.801. The maximum atomic E-state index is 13.9. The van der Waals surface area contributed by atoms with Gasteiger partial charge in [-0.2, -0.15) is 5.10 Å². The minimum absolute atomic E-state index is 0.224. The standard InChI is InChI=1S/C15H16ClFN4/c1-3-12-14-15(20(2)19-12)21(13(8-16)18-14)9-10-6-4-5-7-11(10)17/h4-7H,3,8-9H2,1-2H3. The van der Waals surface area contributed by atoms with Crippen molar-refractivity contribution < 1.29 is 4.39 Å². The maximum absolute atomic E-state index is 13.9. The molecule has 1 aromatic carbocycles. The minimum atomic E-state index is -0.224. The summed E-state index contributed by atoms with van der Waals surface area (Å²) in [4.78, 5) is 4.57. The zero-order valence-corrected chi connectivity index (χ0v) is 12.7. The summed E-state index contributed by atoms with van der Waals surface area (Å²) in [5.41, 5.74) is 3.28. The molecule has 0 aliphatic heterocycles. The Morgan fingerprint density at radius 1 is 1.29 bits per heavy atom. The molecule has 0 radical (unpaired) electrons. The Labute approximate surface area is 127 Å². The molecule has 0 aliphatic rings. The molecule has 2 aromatic heterocycles. The van der Waals surface area contributed by atoms with Crippen LogP contribution in [0.2, 0.25) is 0 Å². The van der Waals surface area contributed by atoms with Gasteiger partial charge in [0.05, 0.1) is 18.1 Å². The second-order valence-electron chi connectivity index (χ2n) is 4.94. The fourth-order valence-electron chi connectivity index (χ4n) is 2.59. The van der Waals surface area contributed by atoms with Gasteiger partial charge in [0.15, 0.2) is 5.65 Å². The number of nitrogens with zero attached hydrogens (tertiary/aromatic N) is 4. The molecule has 2 heterocycles. The third kappa shape index (κ3) is 2.31. The third-order valence-electron chi connectivity index (χ3n) is 3.61. The number of hydrogen-bond acceptors (Lipinski definition) is 2. The lowest BCUT2D eigenvalue weighted by atomic mass is 10.2. The molecule has 0 saturated carbocycles. The molecule has 0 aliphatic carbocycles. The van der Waals surface area contributed by atoms with E-state index in [-0.39, 0.29) is 11.7 Å². The highest BCUT2D eigenvalue weighted by Gasteiger charge is 2.18. The second-order valence-corrected chi connectivity index (χ2v) is 5.20. The summed E-state index contributed by atoms with van der Waals surface area (Å²) < 4.78 is 17.6. The Hall–Kier alpha value is -1.88. The van der Waals surface area contributed by atoms with Crippen molar-refractivity contribution in [3.63, 3.8) is 0 Å². The average Bonchev–Trinajstić information content (AvgIpc) is 2.99. The first kappa shape index (κ1) is 14.1. The van der Waals surface area contributed by atoms with Crippen LogP contribution in [0.4, 0.5) is 4.39 Å². The fourth-order valence-corrected chi connectivity index (χ4v) is 2.79. The van der Waals surface area contributed by atoms with E-state index in [1.54, 1.807) is 16.8 Å². The number of fused-ring (bicyclic) bond motifs is 1. The Bertz CT molecular complexity index is 790. The quantitative estimate of drug-likeness (QED) is 0.694. The first-order valence-corrected chi connectivity index (χ1v) is 7.39. The van der Waals surface area contributed by atoms with E-state index in [1.807, 2.05) is 24.6 Å². The number of halogens is 2. The highest BCUT2D eigenvalue weighted by molar-refractivity contribution is 6.16. The van der Waals surface area contributed by atoms with Gasteiger partial charge in [0.25, 0.3) is 0 Å². The normalized spacial score (nSPS) is 11.4. The third-order valence-corrected chi connectivity index (χ3v) is 3.85. The Morgan fingerprint density at radius 2 is 2.05 bits per heavy atom. The van der Waals surface area contributed by atoms with Crippen LogP contribution in [0.5, 0.6) is 0 Å². The molecule has 0 unspecified atom stereocenters. The summed E-state index contributed by atoms with van der Waals surface area (Å²) >= 11 is 6.01. The van der Waals surface area contributed by atoms with Gasteiger partial charge in [-0.25, -0.2) is 9.37 Å². The molecular formula is C15H16ClFN4. The molecule has 3 rings (SSSR count). The van der Waals surface area contributed by atoms with E-state index in [0.717, 1.165) is 29.1 Å². The van der Waals surface area contributed by atoms with Crippen LogP contribution in [0.3, 0.4) is 0 Å². The largest absolute Gasteiger partial charge is 0.307 e. The first-order chi connectivity index (χ1) is 10.2. The van der Waals surface area contributed by atoms with Crippen LogP contribution in [0.15, 0.2) is 24.3 Å². The van der Waals surface area contributed by atoms with E-state index in [9.17, 15) is 4.39 Å². The van der Waals surface area contributed by atoms with Crippen LogP contribution in [-0.4, -0.2) is 19.3 Å². The molecule has 0 bridgehead atoms. The summed E-state index contributed by atoms with van der Waals surface area (Å²) in [7, 11) is 1.87. The molecule has 0 atom stereocenters. The molecule has 6 heteroatoms. The van der Waals surface area contributed by atoms with Crippen LogP contribution in [0, 0.1) is 5.82 Å². The van der Waals surface area contributed by atoms with Gasteiger partial charge in [-0.1, -0.05) is 25.1 Å². The SMILES string of the molecule is CCc1nn(C)c2c1nc(CCl)n2Cc1ccccc1F. The van der Waals surface area contributed by atoms with Crippen LogP contribution in [0.25, 0.3) is 11.2 Å². The second kappa shape index (κ2) is 5.48. The maximum Gasteiger partial charge on any atom is 0.159 e. The monoisotopic (exact) mass is 306 g/mol. The lowest BCUT2D eigenvalue weighted by Gasteiger charge is -2.09. The van der Waals surface area contributed by atoms with Gasteiger partial charge in [0.2, 0.25) is 0 Å². The lowest BCUT2D eigenvalue weighted by molar-refractivity contribution is 0.595. The van der Waals surface area contributed by atoms with Gasteiger partial charge in [0, 0.05) is 12.6 Å². The van der Waals surface area contributed by atoms with E-state index < -0.39 is 0 Å². The number of hydrogen-bond donors (Lipinski definition) is 0. The molecule has 0 spiro atoms. The van der Waals surface area contributed by atoms with Gasteiger partial charge in [-0.05, 0) is 12.5 Å². The fraction of sp³-hybridized carbons (Fsp3) is 0.333. The van der Waals surface area contributed by atoms with Crippen molar-refractivity contribution in [3.8, 4) is 0 Å². The van der Waals surface area contributed by atoms with Gasteiger partial charge in [-0.15, -0.1) is 11.6 Å². The summed E-state index contributed by atoms with van der Waals surface area (Å²) in [5.74, 6) is 0.794. The number of aryl methyl sites for hydroxylation is 2. The van der Waals surface area contributed by atoms with Crippen LogP contribution < -0.4 is 0 Å². The summed E-state index contributed by atoms with van der Waals surface area (Å²) in [6, 6.07) is 6.75. The highest BCUT2D eigenvalue weighted by atomic mass is 35.5. The molecule has 0 N–H and O–H groups in total. The Kier molecular flexibility index (Phi) is 3.68. The van der Waals surface area contributed by atoms with Crippen molar-refractivity contribution in [1.29, 1.82) is 0 Å². The highest BCUT2D eigenvalue weighted by Crippen LogP contribution is 2.23. The van der Waals surface area contributed by atoms with Gasteiger partial charge in [-0.3, -0.25) is 4.68 Å². The van der Waals surface area contributed by atoms with E-state index in [4.69, 9.17) is 11.6 Å². The lowest BCUT2D eigenvalue weighted by Crippen LogP contribution is -2.08. The Morgan fingerprint density at radius 3 is 2.71 bits per heavy atom. The first-order valence-electron chi connectivity index (χ1n) is 6.86. The van der Waals surface area contributed by atoms with Crippen molar-refractivity contribution in [2.45, 2.75) is 25.8 Å².